The molecule has 11 heavy (non-hydrogen) atoms. The first-order chi connectivity index (χ1) is 5.29. The first-order valence-electron chi connectivity index (χ1n) is 3.11. The smallest absolute Gasteiger partial charge is 0.314 e. The van der Waals surface area contributed by atoms with E-state index < -0.39 is 0 Å². The van der Waals surface area contributed by atoms with Crippen molar-refractivity contribution >= 4 is 18.0 Å². The predicted octanol–water partition coefficient (Wildman–Crippen LogP) is 1.99. The lowest BCUT2D eigenvalue weighted by atomic mass is 10.5. The third-order valence-corrected chi connectivity index (χ3v) is 1.71. The van der Waals surface area contributed by atoms with Gasteiger partial charge >= 0.3 is 5.97 Å². The maximum atomic E-state index is 10.3. The monoisotopic (exact) mass is 172 g/mol. The zero-order valence-electron chi connectivity index (χ0n) is 6.07. The number of hydrogen-bond donors (Lipinski definition) is 0. The maximum absolute atomic E-state index is 10.3. The van der Waals surface area contributed by atoms with Crippen molar-refractivity contribution in [3.8, 4) is 0 Å². The highest BCUT2D eigenvalue weighted by molar-refractivity contribution is 7.94. The van der Waals surface area contributed by atoms with Crippen LogP contribution in [-0.4, -0.2) is 5.97 Å². The lowest BCUT2D eigenvalue weighted by molar-refractivity contribution is -0.130. The zero-order chi connectivity index (χ0) is 8.10. The van der Waals surface area contributed by atoms with Gasteiger partial charge in [-0.25, -0.2) is 0 Å². The molecule has 0 aliphatic rings. The number of carbonyl (C=O) groups excluding carboxylic acids is 1. The molecule has 1 aromatic rings. The molecule has 0 aromatic carbocycles. The van der Waals surface area contributed by atoms with Crippen LogP contribution in [0.15, 0.2) is 22.8 Å². The Balaban J connectivity index is 2.19. The van der Waals surface area contributed by atoms with Crippen LogP contribution < -0.4 is 0 Å². The molecule has 1 heterocycles. The van der Waals surface area contributed by atoms with Crippen LogP contribution in [-0.2, 0) is 14.7 Å². The molecule has 0 saturated carbocycles. The average Bonchev–Trinajstić information content (AvgIpc) is 2.39. The Morgan fingerprint density at radius 1 is 1.82 bits per heavy atom. The Morgan fingerprint density at radius 3 is 3.18 bits per heavy atom. The third kappa shape index (κ3) is 3.13. The van der Waals surface area contributed by atoms with Crippen molar-refractivity contribution in [3.05, 3.63) is 24.2 Å². The Hall–Kier alpha value is -0.900. The summed E-state index contributed by atoms with van der Waals surface area (Å²) in [6, 6.07) is 3.63. The number of rotatable bonds is 3. The lowest BCUT2D eigenvalue weighted by Gasteiger charge is -1.95. The van der Waals surface area contributed by atoms with Gasteiger partial charge in [0.05, 0.1) is 24.1 Å². The fourth-order valence-electron chi connectivity index (χ4n) is 0.565. The minimum atomic E-state index is -0.290. The molecule has 3 nitrogen and oxygen atoms in total. The molecule has 0 unspecified atom stereocenters. The van der Waals surface area contributed by atoms with E-state index in [0.717, 1.165) is 17.8 Å². The quantitative estimate of drug-likeness (QED) is 0.653. The van der Waals surface area contributed by atoms with Crippen molar-refractivity contribution in [2.24, 2.45) is 0 Å². The van der Waals surface area contributed by atoms with Gasteiger partial charge in [-0.05, 0) is 12.1 Å². The molecule has 60 valence electrons. The highest BCUT2D eigenvalue weighted by Crippen LogP contribution is 2.12. The summed E-state index contributed by atoms with van der Waals surface area (Å²) < 4.78 is 9.64. The largest absolute Gasteiger partial charge is 0.468 e. The van der Waals surface area contributed by atoms with Gasteiger partial charge in [0.25, 0.3) is 0 Å². The fraction of sp³-hybridized carbons (Fsp3) is 0.286. The molecular formula is C7H8O3S. The highest BCUT2D eigenvalue weighted by atomic mass is 32.2. The summed E-state index contributed by atoms with van der Waals surface area (Å²) in [5.74, 6) is 1.07. The van der Waals surface area contributed by atoms with E-state index in [2.05, 4.69) is 4.18 Å². The van der Waals surface area contributed by atoms with E-state index in [4.69, 9.17) is 4.42 Å². The van der Waals surface area contributed by atoms with E-state index in [9.17, 15) is 4.79 Å². The molecule has 0 atom stereocenters. The van der Waals surface area contributed by atoms with E-state index in [0.29, 0.717) is 5.75 Å². The van der Waals surface area contributed by atoms with E-state index in [1.165, 1.54) is 6.92 Å². The normalized spacial score (nSPS) is 9.55. The van der Waals surface area contributed by atoms with Gasteiger partial charge < -0.3 is 8.60 Å². The fourth-order valence-corrected chi connectivity index (χ4v) is 1.07. The van der Waals surface area contributed by atoms with Gasteiger partial charge in [-0.15, -0.1) is 0 Å². The zero-order valence-corrected chi connectivity index (χ0v) is 6.89. The molecule has 0 spiro atoms. The van der Waals surface area contributed by atoms with Crippen LogP contribution >= 0.6 is 12.0 Å². The molecule has 0 aliphatic heterocycles. The minimum Gasteiger partial charge on any atom is -0.468 e. The maximum Gasteiger partial charge on any atom is 0.314 e. The molecule has 4 heteroatoms. The summed E-state index contributed by atoms with van der Waals surface area (Å²) in [6.45, 7) is 1.37. The van der Waals surface area contributed by atoms with Crippen LogP contribution in [0.25, 0.3) is 0 Å². The molecular weight excluding hydrogens is 164 g/mol. The molecule has 0 amide bonds. The Morgan fingerprint density at radius 2 is 2.64 bits per heavy atom. The highest BCUT2D eigenvalue weighted by Gasteiger charge is 1.98. The summed E-state index contributed by atoms with van der Waals surface area (Å²) in [6.07, 6.45) is 1.59. The van der Waals surface area contributed by atoms with E-state index in [-0.39, 0.29) is 5.97 Å². The summed E-state index contributed by atoms with van der Waals surface area (Å²) in [5, 5.41) is 0. The molecule has 1 rings (SSSR count). The standard InChI is InChI=1S/C7H8O3S/c1-6(8)10-11-5-7-3-2-4-9-7/h2-4H,5H2,1H3. The topological polar surface area (TPSA) is 39.4 Å². The van der Waals surface area contributed by atoms with Crippen molar-refractivity contribution in [2.75, 3.05) is 0 Å². The second-order valence-corrected chi connectivity index (χ2v) is 2.61. The molecule has 1 aromatic heterocycles. The van der Waals surface area contributed by atoms with Gasteiger partial charge in [0.15, 0.2) is 0 Å². The molecule has 0 saturated heterocycles. The van der Waals surface area contributed by atoms with Gasteiger partial charge in [0.1, 0.15) is 5.76 Å². The van der Waals surface area contributed by atoms with Gasteiger partial charge in [0.2, 0.25) is 0 Å². The predicted molar refractivity (Wildman–Crippen MR) is 41.8 cm³/mol. The first-order valence-corrected chi connectivity index (χ1v) is 4.02. The summed E-state index contributed by atoms with van der Waals surface area (Å²) in [5.41, 5.74) is 0. The van der Waals surface area contributed by atoms with Crippen LogP contribution in [0.3, 0.4) is 0 Å². The Kier molecular flexibility index (Phi) is 3.04. The number of carbonyl (C=O) groups is 1. The van der Waals surface area contributed by atoms with Crippen molar-refractivity contribution in [2.45, 2.75) is 12.7 Å². The molecule has 0 aliphatic carbocycles. The summed E-state index contributed by atoms with van der Waals surface area (Å²) in [4.78, 5) is 10.3. The third-order valence-electron chi connectivity index (χ3n) is 0.958. The minimum absolute atomic E-state index is 0.290. The van der Waals surface area contributed by atoms with Gasteiger partial charge in [-0.2, -0.15) is 0 Å². The molecule has 0 N–H and O–H groups in total. The Labute approximate surface area is 68.9 Å². The van der Waals surface area contributed by atoms with E-state index in [1.54, 1.807) is 12.3 Å². The Bertz CT molecular complexity index is 218. The number of furan rings is 1. The van der Waals surface area contributed by atoms with Crippen molar-refractivity contribution < 1.29 is 13.4 Å². The number of hydrogen-bond acceptors (Lipinski definition) is 4. The van der Waals surface area contributed by atoms with Gasteiger partial charge in [-0.3, -0.25) is 4.79 Å². The average molecular weight is 172 g/mol. The van der Waals surface area contributed by atoms with E-state index >= 15 is 0 Å². The lowest BCUT2D eigenvalue weighted by Crippen LogP contribution is -1.89. The van der Waals surface area contributed by atoms with Crippen molar-refractivity contribution in [1.82, 2.24) is 0 Å². The van der Waals surface area contributed by atoms with Crippen LogP contribution in [0.2, 0.25) is 0 Å². The van der Waals surface area contributed by atoms with Crippen molar-refractivity contribution in [3.63, 3.8) is 0 Å². The second kappa shape index (κ2) is 4.08. The summed E-state index contributed by atoms with van der Waals surface area (Å²) in [7, 11) is 0. The molecule has 0 bridgehead atoms. The van der Waals surface area contributed by atoms with Gasteiger partial charge in [0, 0.05) is 6.92 Å². The molecule has 0 radical (unpaired) electrons. The SMILES string of the molecule is CC(=O)OSCc1ccco1. The molecule has 0 fully saturated rings. The van der Waals surface area contributed by atoms with Crippen LogP contribution in [0.5, 0.6) is 0 Å². The van der Waals surface area contributed by atoms with E-state index in [1.807, 2.05) is 6.07 Å². The van der Waals surface area contributed by atoms with Crippen LogP contribution in [0, 0.1) is 0 Å². The van der Waals surface area contributed by atoms with Crippen LogP contribution in [0.4, 0.5) is 0 Å². The summed E-state index contributed by atoms with van der Waals surface area (Å²) >= 11 is 1.08. The first kappa shape index (κ1) is 8.20. The second-order valence-electron chi connectivity index (χ2n) is 1.92. The van der Waals surface area contributed by atoms with Gasteiger partial charge in [-0.1, -0.05) is 0 Å². The van der Waals surface area contributed by atoms with Crippen LogP contribution in [0.1, 0.15) is 12.7 Å². The van der Waals surface area contributed by atoms with Crippen molar-refractivity contribution in [1.29, 1.82) is 0 Å².